The first-order valence-corrected chi connectivity index (χ1v) is 18.6. The maximum Gasteiger partial charge on any atom is 0.165 e. The van der Waals surface area contributed by atoms with Crippen molar-refractivity contribution in [2.24, 2.45) is 0 Å². The zero-order valence-corrected chi connectivity index (χ0v) is 28.7. The second-order valence-corrected chi connectivity index (χ2v) is 14.9. The van der Waals surface area contributed by atoms with Crippen molar-refractivity contribution in [2.45, 2.75) is 0 Å². The van der Waals surface area contributed by atoms with E-state index in [0.29, 0.717) is 17.5 Å². The van der Waals surface area contributed by atoms with E-state index >= 15 is 0 Å². The molecule has 0 radical (unpaired) electrons. The Kier molecular flexibility index (Phi) is 6.26. The molecule has 0 atom stereocenters. The first kappa shape index (κ1) is 28.6. The number of fused-ring (bicyclic) bond motifs is 9. The molecule has 0 aliphatic carbocycles. The molecule has 4 heterocycles. The van der Waals surface area contributed by atoms with E-state index < -0.39 is 0 Å². The zero-order valence-electron chi connectivity index (χ0n) is 27.1. The summed E-state index contributed by atoms with van der Waals surface area (Å²) < 4.78 is 7.25. The number of thiophene rings is 2. The molecule has 4 aromatic heterocycles. The molecule has 0 amide bonds. The van der Waals surface area contributed by atoms with Crippen LogP contribution >= 0.6 is 22.7 Å². The molecule has 0 N–H and O–H groups in total. The summed E-state index contributed by atoms with van der Waals surface area (Å²) in [5.74, 6) is 2.00. The summed E-state index contributed by atoms with van der Waals surface area (Å²) >= 11 is 3.60. The molecule has 0 aliphatic heterocycles. The Bertz CT molecular complexity index is 3100. The SMILES string of the molecule is c1ccc2c(c1)sc1c(-c3nc(-c4ccc(-n5c6ccccc6c6ccccc65)cc4)nc(-c4cccc5sc6ccccc6c45)n3)cccc12. The lowest BCUT2D eigenvalue weighted by atomic mass is 10.1. The molecule has 6 heteroatoms. The number of benzene rings is 7. The van der Waals surface area contributed by atoms with E-state index in [1.807, 2.05) is 0 Å². The first-order valence-electron chi connectivity index (χ1n) is 16.9. The summed E-state index contributed by atoms with van der Waals surface area (Å²) in [5.41, 5.74) is 6.43. The van der Waals surface area contributed by atoms with Crippen molar-refractivity contribution < 1.29 is 0 Å². The molecule has 11 aromatic rings. The van der Waals surface area contributed by atoms with Crippen molar-refractivity contribution in [3.05, 3.63) is 158 Å². The van der Waals surface area contributed by atoms with Gasteiger partial charge in [-0.05, 0) is 60.7 Å². The second-order valence-electron chi connectivity index (χ2n) is 12.8. The van der Waals surface area contributed by atoms with Crippen LogP contribution in [0.3, 0.4) is 0 Å². The van der Waals surface area contributed by atoms with Crippen LogP contribution in [-0.4, -0.2) is 19.5 Å². The number of rotatable bonds is 4. The fourth-order valence-electron chi connectivity index (χ4n) is 7.59. The minimum atomic E-state index is 0.651. The molecule has 7 aromatic carbocycles. The topological polar surface area (TPSA) is 43.6 Å². The fraction of sp³-hybridized carbons (Fsp3) is 0. The van der Waals surface area contributed by atoms with Crippen molar-refractivity contribution in [1.29, 1.82) is 0 Å². The van der Waals surface area contributed by atoms with Crippen LogP contribution in [0.25, 0.3) is 102 Å². The minimum absolute atomic E-state index is 0.651. The lowest BCUT2D eigenvalue weighted by molar-refractivity contribution is 1.08. The van der Waals surface area contributed by atoms with Gasteiger partial charge < -0.3 is 4.57 Å². The zero-order chi connectivity index (χ0) is 33.5. The highest BCUT2D eigenvalue weighted by molar-refractivity contribution is 7.26. The van der Waals surface area contributed by atoms with Gasteiger partial charge in [-0.3, -0.25) is 0 Å². The van der Waals surface area contributed by atoms with Gasteiger partial charge in [-0.1, -0.05) is 97.1 Å². The van der Waals surface area contributed by atoms with Crippen LogP contribution in [0.1, 0.15) is 0 Å². The number of hydrogen-bond acceptors (Lipinski definition) is 5. The van der Waals surface area contributed by atoms with Gasteiger partial charge in [-0.2, -0.15) is 0 Å². The van der Waals surface area contributed by atoms with E-state index in [1.54, 1.807) is 22.7 Å². The Morgan fingerprint density at radius 1 is 0.373 bits per heavy atom. The molecule has 0 bridgehead atoms. The van der Waals surface area contributed by atoms with Gasteiger partial charge in [0.15, 0.2) is 17.5 Å². The van der Waals surface area contributed by atoms with E-state index in [-0.39, 0.29) is 0 Å². The van der Waals surface area contributed by atoms with Crippen LogP contribution in [0.2, 0.25) is 0 Å². The van der Waals surface area contributed by atoms with E-state index in [1.165, 1.54) is 62.2 Å². The lowest BCUT2D eigenvalue weighted by Crippen LogP contribution is -2.01. The maximum atomic E-state index is 5.27. The fourth-order valence-corrected chi connectivity index (χ4v) is 9.93. The third kappa shape index (κ3) is 4.40. The van der Waals surface area contributed by atoms with Crippen LogP contribution < -0.4 is 0 Å². The van der Waals surface area contributed by atoms with Gasteiger partial charge in [0.25, 0.3) is 0 Å². The molecule has 0 fully saturated rings. The quantitative estimate of drug-likeness (QED) is 0.185. The third-order valence-corrected chi connectivity index (χ3v) is 12.2. The van der Waals surface area contributed by atoms with Gasteiger partial charge >= 0.3 is 0 Å². The molecule has 4 nitrogen and oxygen atoms in total. The van der Waals surface area contributed by atoms with Crippen LogP contribution in [0.15, 0.2) is 158 Å². The Hall–Kier alpha value is -6.21. The molecular formula is C45H26N4S2. The van der Waals surface area contributed by atoms with E-state index in [0.717, 1.165) is 22.4 Å². The van der Waals surface area contributed by atoms with E-state index in [4.69, 9.17) is 15.0 Å². The van der Waals surface area contributed by atoms with Gasteiger partial charge in [0, 0.05) is 73.5 Å². The molecule has 0 saturated heterocycles. The smallest absolute Gasteiger partial charge is 0.165 e. The average Bonchev–Trinajstić information content (AvgIpc) is 3.87. The van der Waals surface area contributed by atoms with Gasteiger partial charge in [0.2, 0.25) is 0 Å². The summed E-state index contributed by atoms with van der Waals surface area (Å²) in [5, 5.41) is 7.37. The van der Waals surface area contributed by atoms with Crippen LogP contribution in [-0.2, 0) is 0 Å². The number of hydrogen-bond donors (Lipinski definition) is 0. The van der Waals surface area contributed by atoms with Crippen molar-refractivity contribution in [2.75, 3.05) is 0 Å². The Morgan fingerprint density at radius 3 is 1.65 bits per heavy atom. The highest BCUT2D eigenvalue weighted by Crippen LogP contribution is 2.42. The highest BCUT2D eigenvalue weighted by atomic mass is 32.1. The lowest BCUT2D eigenvalue weighted by Gasteiger charge is -2.11. The summed E-state index contributed by atoms with van der Waals surface area (Å²) in [6.07, 6.45) is 0. The first-order chi connectivity index (χ1) is 25.3. The molecule has 11 rings (SSSR count). The minimum Gasteiger partial charge on any atom is -0.309 e. The number of para-hydroxylation sites is 2. The monoisotopic (exact) mass is 686 g/mol. The van der Waals surface area contributed by atoms with Crippen LogP contribution in [0, 0.1) is 0 Å². The maximum absolute atomic E-state index is 5.27. The average molecular weight is 687 g/mol. The Morgan fingerprint density at radius 2 is 0.902 bits per heavy atom. The summed E-state index contributed by atoms with van der Waals surface area (Å²) in [6.45, 7) is 0. The van der Waals surface area contributed by atoms with Crippen molar-refractivity contribution in [3.63, 3.8) is 0 Å². The Balaban J connectivity index is 1.14. The molecule has 51 heavy (non-hydrogen) atoms. The molecular weight excluding hydrogens is 661 g/mol. The molecule has 0 unspecified atom stereocenters. The Labute approximate surface area is 300 Å². The summed E-state index contributed by atoms with van der Waals surface area (Å²) in [7, 11) is 0. The molecule has 0 spiro atoms. The molecule has 0 aliphatic rings. The van der Waals surface area contributed by atoms with E-state index in [9.17, 15) is 0 Å². The van der Waals surface area contributed by atoms with Crippen molar-refractivity contribution in [3.8, 4) is 39.9 Å². The van der Waals surface area contributed by atoms with Crippen LogP contribution in [0.5, 0.6) is 0 Å². The van der Waals surface area contributed by atoms with Crippen molar-refractivity contribution >= 4 is 84.8 Å². The largest absolute Gasteiger partial charge is 0.309 e. The summed E-state index contributed by atoms with van der Waals surface area (Å²) in [4.78, 5) is 15.7. The number of aromatic nitrogens is 4. The predicted octanol–water partition coefficient (Wildman–Crippen LogP) is 12.7. The second kappa shape index (κ2) is 11.2. The van der Waals surface area contributed by atoms with Crippen molar-refractivity contribution in [1.82, 2.24) is 19.5 Å². The van der Waals surface area contributed by atoms with E-state index in [2.05, 4.69) is 162 Å². The van der Waals surface area contributed by atoms with Gasteiger partial charge in [-0.15, -0.1) is 22.7 Å². The third-order valence-electron chi connectivity index (χ3n) is 9.89. The standard InChI is InChI=1S/C45H26N4S2/c1-5-18-36-29(11-1)30-12-2-6-19-37(30)49(36)28-25-23-27(24-26-28)43-46-44(34-16-10-22-40-41(34)33-14-4-8-21-39(33)50-40)48-45(47-43)35-17-9-15-32-31-13-3-7-20-38(31)51-42(32)35/h1-26H. The summed E-state index contributed by atoms with van der Waals surface area (Å²) in [6, 6.07) is 56.0. The predicted molar refractivity (Wildman–Crippen MR) is 216 cm³/mol. The van der Waals surface area contributed by atoms with Gasteiger partial charge in [0.05, 0.1) is 11.0 Å². The normalized spacial score (nSPS) is 11.9. The van der Waals surface area contributed by atoms with Gasteiger partial charge in [0.1, 0.15) is 0 Å². The number of nitrogens with zero attached hydrogens (tertiary/aromatic N) is 4. The van der Waals surface area contributed by atoms with Gasteiger partial charge in [-0.25, -0.2) is 15.0 Å². The molecule has 238 valence electrons. The van der Waals surface area contributed by atoms with Crippen LogP contribution in [0.4, 0.5) is 0 Å². The molecule has 0 saturated carbocycles. The highest BCUT2D eigenvalue weighted by Gasteiger charge is 2.19.